The maximum absolute atomic E-state index is 12.2. The van der Waals surface area contributed by atoms with E-state index in [1.807, 2.05) is 0 Å². The highest BCUT2D eigenvalue weighted by molar-refractivity contribution is 5.97. The minimum atomic E-state index is -0.691. The monoisotopic (exact) mass is 328 g/mol. The van der Waals surface area contributed by atoms with Gasteiger partial charge in [0, 0.05) is 17.5 Å². The van der Waals surface area contributed by atoms with Gasteiger partial charge in [-0.2, -0.15) is 0 Å². The van der Waals surface area contributed by atoms with Gasteiger partial charge >= 0.3 is 5.63 Å². The normalized spacial score (nSPS) is 10.7. The summed E-state index contributed by atoms with van der Waals surface area (Å²) in [5.41, 5.74) is 0.569. The summed E-state index contributed by atoms with van der Waals surface area (Å²) >= 11 is 0. The SMILES string of the molecule is COc1cccc2cc(C(=O)NCCCc3cnoc3)c(=O)oc12. The third-order valence-electron chi connectivity index (χ3n) is 3.60. The molecule has 2 aromatic heterocycles. The number of carbonyl (C=O) groups is 1. The molecule has 124 valence electrons. The lowest BCUT2D eigenvalue weighted by Crippen LogP contribution is -2.29. The van der Waals surface area contributed by atoms with Crippen LogP contribution in [0.5, 0.6) is 5.75 Å². The first-order valence-corrected chi connectivity index (χ1v) is 7.46. The second kappa shape index (κ2) is 6.99. The summed E-state index contributed by atoms with van der Waals surface area (Å²) < 4.78 is 15.1. The van der Waals surface area contributed by atoms with Gasteiger partial charge in [-0.15, -0.1) is 0 Å². The lowest BCUT2D eigenvalue weighted by atomic mass is 10.1. The summed E-state index contributed by atoms with van der Waals surface area (Å²) in [4.78, 5) is 24.3. The lowest BCUT2D eigenvalue weighted by Gasteiger charge is -2.06. The molecular weight excluding hydrogens is 312 g/mol. The Morgan fingerprint density at radius 3 is 3.00 bits per heavy atom. The molecule has 0 unspecified atom stereocenters. The zero-order valence-electron chi connectivity index (χ0n) is 13.1. The number of nitrogens with one attached hydrogen (secondary N) is 1. The van der Waals surface area contributed by atoms with Crippen molar-refractivity contribution in [3.05, 3.63) is 58.3 Å². The molecule has 0 saturated carbocycles. The number of fused-ring (bicyclic) bond motifs is 1. The molecule has 0 fully saturated rings. The summed E-state index contributed by atoms with van der Waals surface area (Å²) in [5.74, 6) is -0.0101. The molecule has 3 aromatic rings. The van der Waals surface area contributed by atoms with Crippen LogP contribution in [0.4, 0.5) is 0 Å². The molecule has 0 saturated heterocycles. The van der Waals surface area contributed by atoms with Gasteiger partial charge in [-0.05, 0) is 25.0 Å². The molecule has 1 amide bonds. The highest BCUT2D eigenvalue weighted by Gasteiger charge is 2.15. The van der Waals surface area contributed by atoms with Crippen LogP contribution in [0.1, 0.15) is 22.3 Å². The van der Waals surface area contributed by atoms with Gasteiger partial charge in [0.25, 0.3) is 5.91 Å². The molecule has 1 N–H and O–H groups in total. The van der Waals surface area contributed by atoms with Crippen molar-refractivity contribution < 1.29 is 18.5 Å². The third kappa shape index (κ3) is 3.29. The molecule has 0 spiro atoms. The number of aryl methyl sites for hydroxylation is 1. The predicted molar refractivity (Wildman–Crippen MR) is 86.2 cm³/mol. The number of carbonyl (C=O) groups excluding carboxylic acids is 1. The van der Waals surface area contributed by atoms with Crippen molar-refractivity contribution in [2.75, 3.05) is 13.7 Å². The lowest BCUT2D eigenvalue weighted by molar-refractivity contribution is 0.0949. The van der Waals surface area contributed by atoms with Crippen LogP contribution in [0.3, 0.4) is 0 Å². The molecule has 0 atom stereocenters. The second-order valence-electron chi connectivity index (χ2n) is 5.22. The summed E-state index contributed by atoms with van der Waals surface area (Å²) in [6.45, 7) is 0.430. The topological polar surface area (TPSA) is 94.6 Å². The van der Waals surface area contributed by atoms with Crippen molar-refractivity contribution in [3.63, 3.8) is 0 Å². The Balaban J connectivity index is 1.70. The molecular formula is C17H16N2O5. The van der Waals surface area contributed by atoms with Crippen LogP contribution >= 0.6 is 0 Å². The van der Waals surface area contributed by atoms with Crippen LogP contribution in [0, 0.1) is 0 Å². The highest BCUT2D eigenvalue weighted by Crippen LogP contribution is 2.24. The van der Waals surface area contributed by atoms with Gasteiger partial charge in [0.1, 0.15) is 11.8 Å². The molecule has 0 aliphatic heterocycles. The van der Waals surface area contributed by atoms with Crippen LogP contribution in [0.2, 0.25) is 0 Å². The van der Waals surface area contributed by atoms with E-state index in [1.165, 1.54) is 13.2 Å². The molecule has 2 heterocycles. The number of amides is 1. The van der Waals surface area contributed by atoms with E-state index >= 15 is 0 Å². The zero-order chi connectivity index (χ0) is 16.9. The maximum Gasteiger partial charge on any atom is 0.349 e. The minimum absolute atomic E-state index is 0.0271. The standard InChI is InChI=1S/C17H16N2O5/c1-22-14-6-2-5-12-8-13(17(21)24-15(12)14)16(20)18-7-3-4-11-9-19-23-10-11/h2,5-6,8-10H,3-4,7H2,1H3,(H,18,20). The van der Waals surface area contributed by atoms with Crippen molar-refractivity contribution in [2.45, 2.75) is 12.8 Å². The van der Waals surface area contributed by atoms with Gasteiger partial charge in [-0.1, -0.05) is 17.3 Å². The van der Waals surface area contributed by atoms with E-state index in [1.54, 1.807) is 30.7 Å². The smallest absolute Gasteiger partial charge is 0.349 e. The van der Waals surface area contributed by atoms with Gasteiger partial charge in [-0.25, -0.2) is 4.79 Å². The zero-order valence-corrected chi connectivity index (χ0v) is 13.1. The number of benzene rings is 1. The quantitative estimate of drug-likeness (QED) is 0.550. The number of hydrogen-bond acceptors (Lipinski definition) is 6. The fourth-order valence-electron chi connectivity index (χ4n) is 2.38. The number of nitrogens with zero attached hydrogens (tertiary/aromatic N) is 1. The van der Waals surface area contributed by atoms with Crippen molar-refractivity contribution in [1.29, 1.82) is 0 Å². The molecule has 7 heteroatoms. The Morgan fingerprint density at radius 1 is 1.38 bits per heavy atom. The summed E-state index contributed by atoms with van der Waals surface area (Å²) in [5, 5.41) is 6.95. The van der Waals surface area contributed by atoms with Gasteiger partial charge < -0.3 is 19.0 Å². The first-order valence-electron chi connectivity index (χ1n) is 7.46. The number of para-hydroxylation sites is 1. The summed E-state index contributed by atoms with van der Waals surface area (Å²) in [6, 6.07) is 6.72. The summed E-state index contributed by atoms with van der Waals surface area (Å²) in [6.07, 6.45) is 4.63. The largest absolute Gasteiger partial charge is 0.493 e. The molecule has 24 heavy (non-hydrogen) atoms. The number of methoxy groups -OCH3 is 1. The fraction of sp³-hybridized carbons (Fsp3) is 0.235. The summed E-state index contributed by atoms with van der Waals surface area (Å²) in [7, 11) is 1.49. The van der Waals surface area contributed by atoms with Crippen molar-refractivity contribution in [2.24, 2.45) is 0 Å². The van der Waals surface area contributed by atoms with E-state index < -0.39 is 11.5 Å². The Kier molecular flexibility index (Phi) is 4.60. The van der Waals surface area contributed by atoms with E-state index in [0.717, 1.165) is 12.0 Å². The highest BCUT2D eigenvalue weighted by atomic mass is 16.5. The number of rotatable bonds is 6. The van der Waals surface area contributed by atoms with Crippen molar-refractivity contribution in [1.82, 2.24) is 10.5 Å². The average Bonchev–Trinajstić information content (AvgIpc) is 3.11. The molecule has 0 radical (unpaired) electrons. The Hall–Kier alpha value is -3.09. The van der Waals surface area contributed by atoms with E-state index in [0.29, 0.717) is 29.7 Å². The number of aromatic nitrogens is 1. The van der Waals surface area contributed by atoms with Crippen LogP contribution < -0.4 is 15.7 Å². The molecule has 3 rings (SSSR count). The molecule has 0 aliphatic rings. The second-order valence-corrected chi connectivity index (χ2v) is 5.22. The average molecular weight is 328 g/mol. The third-order valence-corrected chi connectivity index (χ3v) is 3.60. The van der Waals surface area contributed by atoms with Crippen LogP contribution in [0.15, 0.2) is 50.5 Å². The van der Waals surface area contributed by atoms with Crippen LogP contribution in [-0.4, -0.2) is 24.7 Å². The van der Waals surface area contributed by atoms with Crippen molar-refractivity contribution in [3.8, 4) is 5.75 Å². The van der Waals surface area contributed by atoms with E-state index in [-0.39, 0.29) is 5.56 Å². The van der Waals surface area contributed by atoms with E-state index in [4.69, 9.17) is 13.7 Å². The van der Waals surface area contributed by atoms with E-state index in [2.05, 4.69) is 10.5 Å². The first kappa shape index (κ1) is 15.8. The molecule has 0 aliphatic carbocycles. The predicted octanol–water partition coefficient (Wildman–Crippen LogP) is 2.15. The van der Waals surface area contributed by atoms with Gasteiger partial charge in [0.15, 0.2) is 11.3 Å². The molecule has 1 aromatic carbocycles. The Labute approximate surface area is 137 Å². The maximum atomic E-state index is 12.2. The fourth-order valence-corrected chi connectivity index (χ4v) is 2.38. The minimum Gasteiger partial charge on any atom is -0.493 e. The van der Waals surface area contributed by atoms with E-state index in [9.17, 15) is 9.59 Å². The number of ether oxygens (including phenoxy) is 1. The Morgan fingerprint density at radius 2 is 2.25 bits per heavy atom. The van der Waals surface area contributed by atoms with Crippen molar-refractivity contribution >= 4 is 16.9 Å². The van der Waals surface area contributed by atoms with Gasteiger partial charge in [0.2, 0.25) is 0 Å². The number of hydrogen-bond donors (Lipinski definition) is 1. The van der Waals surface area contributed by atoms with Gasteiger partial charge in [0.05, 0.1) is 13.3 Å². The van der Waals surface area contributed by atoms with Crippen LogP contribution in [0.25, 0.3) is 11.0 Å². The molecule has 0 bridgehead atoms. The Bertz CT molecular complexity index is 899. The first-order chi connectivity index (χ1) is 11.7. The van der Waals surface area contributed by atoms with Crippen LogP contribution in [-0.2, 0) is 6.42 Å². The van der Waals surface area contributed by atoms with Gasteiger partial charge in [-0.3, -0.25) is 4.79 Å². The molecule has 7 nitrogen and oxygen atoms in total.